The first-order valence-corrected chi connectivity index (χ1v) is 5.24. The predicted octanol–water partition coefficient (Wildman–Crippen LogP) is 2.32. The molecule has 1 rings (SSSR count). The maximum Gasteiger partial charge on any atom is 0.254 e. The van der Waals surface area contributed by atoms with Crippen LogP contribution >= 0.6 is 0 Å². The van der Waals surface area contributed by atoms with Crippen LogP contribution in [-0.2, 0) is 0 Å². The molecule has 0 spiro atoms. The Bertz CT molecular complexity index is 431. The SMILES string of the molecule is C#CCN(C)C(=O)c1c(C)cc(C)cc1C. The van der Waals surface area contributed by atoms with Crippen LogP contribution in [0.1, 0.15) is 27.0 Å². The molecule has 0 bridgehead atoms. The maximum atomic E-state index is 12.1. The Kier molecular flexibility index (Phi) is 3.73. The highest BCUT2D eigenvalue weighted by Crippen LogP contribution is 2.17. The number of amides is 1. The van der Waals surface area contributed by atoms with Crippen molar-refractivity contribution in [3.05, 3.63) is 34.4 Å². The van der Waals surface area contributed by atoms with Crippen molar-refractivity contribution in [1.29, 1.82) is 0 Å². The second-order valence-electron chi connectivity index (χ2n) is 4.14. The molecule has 0 atom stereocenters. The molecule has 2 nitrogen and oxygen atoms in total. The molecule has 0 unspecified atom stereocenters. The first kappa shape index (κ1) is 12.3. The molecule has 0 aliphatic heterocycles. The molecule has 1 aromatic rings. The van der Waals surface area contributed by atoms with Crippen LogP contribution in [0, 0.1) is 33.1 Å². The Balaban J connectivity index is 3.15. The molecule has 1 amide bonds. The van der Waals surface area contributed by atoms with E-state index in [4.69, 9.17) is 6.42 Å². The zero-order valence-electron chi connectivity index (χ0n) is 10.3. The standard InChI is InChI=1S/C14H17NO/c1-6-7-15(5)14(16)13-11(3)8-10(2)9-12(13)4/h1,8-9H,7H2,2-5H3. The largest absolute Gasteiger partial charge is 0.331 e. The van der Waals surface area contributed by atoms with Crippen molar-refractivity contribution in [3.63, 3.8) is 0 Å². The second-order valence-corrected chi connectivity index (χ2v) is 4.14. The summed E-state index contributed by atoms with van der Waals surface area (Å²) < 4.78 is 0. The topological polar surface area (TPSA) is 20.3 Å². The first-order valence-electron chi connectivity index (χ1n) is 5.24. The molecule has 2 heteroatoms. The van der Waals surface area contributed by atoms with Gasteiger partial charge in [0.15, 0.2) is 0 Å². The lowest BCUT2D eigenvalue weighted by molar-refractivity contribution is 0.0811. The van der Waals surface area contributed by atoms with Gasteiger partial charge in [0.2, 0.25) is 0 Å². The normalized spacial score (nSPS) is 9.69. The van der Waals surface area contributed by atoms with E-state index in [1.165, 1.54) is 5.56 Å². The molecular formula is C14H17NO. The number of hydrogen-bond donors (Lipinski definition) is 0. The molecule has 84 valence electrons. The fourth-order valence-corrected chi connectivity index (χ4v) is 1.92. The summed E-state index contributed by atoms with van der Waals surface area (Å²) in [5, 5.41) is 0. The zero-order valence-corrected chi connectivity index (χ0v) is 10.3. The summed E-state index contributed by atoms with van der Waals surface area (Å²) in [5.74, 6) is 2.47. The third-order valence-electron chi connectivity index (χ3n) is 2.57. The van der Waals surface area contributed by atoms with Crippen molar-refractivity contribution >= 4 is 5.91 Å². The van der Waals surface area contributed by atoms with Crippen molar-refractivity contribution in [2.24, 2.45) is 0 Å². The molecule has 0 saturated carbocycles. The van der Waals surface area contributed by atoms with Gasteiger partial charge in [0, 0.05) is 12.6 Å². The Labute approximate surface area is 97.3 Å². The van der Waals surface area contributed by atoms with Crippen LogP contribution in [0.25, 0.3) is 0 Å². The van der Waals surface area contributed by atoms with Crippen LogP contribution in [0.2, 0.25) is 0 Å². The van der Waals surface area contributed by atoms with Gasteiger partial charge in [0.05, 0.1) is 6.54 Å². The lowest BCUT2D eigenvalue weighted by Gasteiger charge is -2.17. The van der Waals surface area contributed by atoms with E-state index in [0.717, 1.165) is 16.7 Å². The average molecular weight is 215 g/mol. The second kappa shape index (κ2) is 4.85. The number of benzene rings is 1. The van der Waals surface area contributed by atoms with E-state index in [1.54, 1.807) is 11.9 Å². The predicted molar refractivity (Wildman–Crippen MR) is 66.4 cm³/mol. The van der Waals surface area contributed by atoms with E-state index < -0.39 is 0 Å². The lowest BCUT2D eigenvalue weighted by Crippen LogP contribution is -2.28. The molecule has 0 aromatic heterocycles. The van der Waals surface area contributed by atoms with Crippen molar-refractivity contribution in [1.82, 2.24) is 4.90 Å². The Hall–Kier alpha value is -1.75. The Morgan fingerprint density at radius 1 is 1.31 bits per heavy atom. The molecule has 0 aliphatic carbocycles. The van der Waals surface area contributed by atoms with E-state index in [-0.39, 0.29) is 5.91 Å². The molecule has 0 fully saturated rings. The van der Waals surface area contributed by atoms with Crippen LogP contribution < -0.4 is 0 Å². The van der Waals surface area contributed by atoms with Gasteiger partial charge in [0.25, 0.3) is 5.91 Å². The quantitative estimate of drug-likeness (QED) is 0.693. The highest BCUT2D eigenvalue weighted by Gasteiger charge is 2.15. The van der Waals surface area contributed by atoms with Crippen molar-refractivity contribution in [2.75, 3.05) is 13.6 Å². The van der Waals surface area contributed by atoms with Crippen molar-refractivity contribution < 1.29 is 4.79 Å². The first-order chi connectivity index (χ1) is 7.47. The van der Waals surface area contributed by atoms with Crippen LogP contribution in [0.4, 0.5) is 0 Å². The van der Waals surface area contributed by atoms with E-state index >= 15 is 0 Å². The number of carbonyl (C=O) groups excluding carboxylic acids is 1. The molecule has 16 heavy (non-hydrogen) atoms. The van der Waals surface area contributed by atoms with Gasteiger partial charge in [0.1, 0.15) is 0 Å². The van der Waals surface area contributed by atoms with Gasteiger partial charge in [-0.25, -0.2) is 0 Å². The third kappa shape index (κ3) is 2.43. The van der Waals surface area contributed by atoms with Gasteiger partial charge in [-0.3, -0.25) is 4.79 Å². The van der Waals surface area contributed by atoms with E-state index in [9.17, 15) is 4.79 Å². The highest BCUT2D eigenvalue weighted by atomic mass is 16.2. The van der Waals surface area contributed by atoms with Gasteiger partial charge in [-0.05, 0) is 31.9 Å². The minimum atomic E-state index is -0.00653. The van der Waals surface area contributed by atoms with Crippen LogP contribution in [0.15, 0.2) is 12.1 Å². The van der Waals surface area contributed by atoms with Gasteiger partial charge < -0.3 is 4.90 Å². The van der Waals surface area contributed by atoms with E-state index in [0.29, 0.717) is 6.54 Å². The summed E-state index contributed by atoms with van der Waals surface area (Å²) in [4.78, 5) is 13.7. The maximum absolute atomic E-state index is 12.1. The van der Waals surface area contributed by atoms with Crippen LogP contribution in [-0.4, -0.2) is 24.4 Å². The summed E-state index contributed by atoms with van der Waals surface area (Å²) in [6.45, 7) is 6.28. The van der Waals surface area contributed by atoms with Gasteiger partial charge >= 0.3 is 0 Å². The number of nitrogens with zero attached hydrogens (tertiary/aromatic N) is 1. The van der Waals surface area contributed by atoms with Crippen molar-refractivity contribution in [2.45, 2.75) is 20.8 Å². The molecule has 1 aromatic carbocycles. The molecule has 0 heterocycles. The van der Waals surface area contributed by atoms with E-state index in [2.05, 4.69) is 5.92 Å². The average Bonchev–Trinajstić information content (AvgIpc) is 2.16. The van der Waals surface area contributed by atoms with Gasteiger partial charge in [-0.2, -0.15) is 0 Å². The zero-order chi connectivity index (χ0) is 12.3. The minimum Gasteiger partial charge on any atom is -0.331 e. The molecule has 0 saturated heterocycles. The lowest BCUT2D eigenvalue weighted by atomic mass is 9.99. The number of aryl methyl sites for hydroxylation is 3. The monoisotopic (exact) mass is 215 g/mol. The molecule has 0 radical (unpaired) electrons. The summed E-state index contributed by atoms with van der Waals surface area (Å²) in [7, 11) is 1.72. The summed E-state index contributed by atoms with van der Waals surface area (Å²) >= 11 is 0. The van der Waals surface area contributed by atoms with Crippen LogP contribution in [0.5, 0.6) is 0 Å². The highest BCUT2D eigenvalue weighted by molar-refractivity contribution is 5.97. The summed E-state index contributed by atoms with van der Waals surface area (Å²) in [6, 6.07) is 4.04. The third-order valence-corrected chi connectivity index (χ3v) is 2.57. The van der Waals surface area contributed by atoms with E-state index in [1.807, 2.05) is 32.9 Å². The molecular weight excluding hydrogens is 198 g/mol. The summed E-state index contributed by atoms with van der Waals surface area (Å²) in [6.07, 6.45) is 5.20. The number of terminal acetylenes is 1. The fraction of sp³-hybridized carbons (Fsp3) is 0.357. The van der Waals surface area contributed by atoms with Crippen LogP contribution in [0.3, 0.4) is 0 Å². The van der Waals surface area contributed by atoms with Crippen molar-refractivity contribution in [3.8, 4) is 12.3 Å². The number of rotatable bonds is 2. The minimum absolute atomic E-state index is 0.00653. The smallest absolute Gasteiger partial charge is 0.254 e. The number of hydrogen-bond acceptors (Lipinski definition) is 1. The van der Waals surface area contributed by atoms with Gasteiger partial charge in [-0.1, -0.05) is 23.6 Å². The fourth-order valence-electron chi connectivity index (χ4n) is 1.92. The Morgan fingerprint density at radius 3 is 2.25 bits per heavy atom. The Morgan fingerprint density at radius 2 is 1.81 bits per heavy atom. The molecule has 0 aliphatic rings. The molecule has 0 N–H and O–H groups in total. The number of carbonyl (C=O) groups is 1. The summed E-state index contributed by atoms with van der Waals surface area (Å²) in [5.41, 5.74) is 3.95. The van der Waals surface area contributed by atoms with Gasteiger partial charge in [-0.15, -0.1) is 6.42 Å².